The van der Waals surface area contributed by atoms with E-state index in [-0.39, 0.29) is 12.3 Å². The maximum atomic E-state index is 10.8. The lowest BCUT2D eigenvalue weighted by Gasteiger charge is -2.08. The van der Waals surface area contributed by atoms with Crippen molar-refractivity contribution >= 4 is 40.0 Å². The van der Waals surface area contributed by atoms with Crippen LogP contribution in [0.1, 0.15) is 17.7 Å². The summed E-state index contributed by atoms with van der Waals surface area (Å²) in [7, 11) is 0. The number of pyridine rings is 1. The lowest BCUT2D eigenvalue weighted by molar-refractivity contribution is -0.118. The maximum absolute atomic E-state index is 10.8. The zero-order chi connectivity index (χ0) is 13.3. The Balaban J connectivity index is 2.51. The van der Waals surface area contributed by atoms with Gasteiger partial charge in [-0.25, -0.2) is 0 Å². The number of benzene rings is 1. The van der Waals surface area contributed by atoms with Crippen molar-refractivity contribution in [3.05, 3.63) is 39.5 Å². The SMILES string of the molecule is Cc1cc(CCC(N)=O)nc2cc(Cl)cc(Cl)c12. The molecule has 0 aliphatic heterocycles. The van der Waals surface area contributed by atoms with Gasteiger partial charge in [-0.15, -0.1) is 0 Å². The summed E-state index contributed by atoms with van der Waals surface area (Å²) in [4.78, 5) is 15.2. The number of hydrogen-bond acceptors (Lipinski definition) is 2. The predicted molar refractivity (Wildman–Crippen MR) is 74.0 cm³/mol. The Morgan fingerprint density at radius 2 is 2.06 bits per heavy atom. The lowest BCUT2D eigenvalue weighted by atomic mass is 10.1. The Morgan fingerprint density at radius 3 is 2.72 bits per heavy atom. The topological polar surface area (TPSA) is 56.0 Å². The van der Waals surface area contributed by atoms with Crippen molar-refractivity contribution in [2.24, 2.45) is 5.73 Å². The molecule has 1 aromatic carbocycles. The van der Waals surface area contributed by atoms with Crippen LogP contribution in [0.4, 0.5) is 0 Å². The summed E-state index contributed by atoms with van der Waals surface area (Å²) in [6.45, 7) is 1.96. The highest BCUT2D eigenvalue weighted by atomic mass is 35.5. The number of aromatic nitrogens is 1. The highest BCUT2D eigenvalue weighted by Gasteiger charge is 2.08. The average Bonchev–Trinajstić information content (AvgIpc) is 2.24. The largest absolute Gasteiger partial charge is 0.370 e. The van der Waals surface area contributed by atoms with E-state index in [2.05, 4.69) is 4.98 Å². The molecule has 2 aromatic rings. The van der Waals surface area contributed by atoms with Crippen molar-refractivity contribution in [2.45, 2.75) is 19.8 Å². The summed E-state index contributed by atoms with van der Waals surface area (Å²) in [6, 6.07) is 5.39. The summed E-state index contributed by atoms with van der Waals surface area (Å²) < 4.78 is 0. The molecule has 0 spiro atoms. The lowest BCUT2D eigenvalue weighted by Crippen LogP contribution is -2.11. The number of fused-ring (bicyclic) bond motifs is 1. The van der Waals surface area contributed by atoms with Crippen LogP contribution in [0.5, 0.6) is 0 Å². The quantitative estimate of drug-likeness (QED) is 0.939. The predicted octanol–water partition coefficient (Wildman–Crippen LogP) is 3.27. The Hall–Kier alpha value is -1.32. The van der Waals surface area contributed by atoms with Crippen LogP contribution in [0, 0.1) is 6.92 Å². The van der Waals surface area contributed by atoms with E-state index < -0.39 is 0 Å². The van der Waals surface area contributed by atoms with Gasteiger partial charge in [0.25, 0.3) is 0 Å². The third-order valence-electron chi connectivity index (χ3n) is 2.70. The van der Waals surface area contributed by atoms with Gasteiger partial charge >= 0.3 is 0 Å². The first-order chi connectivity index (χ1) is 8.47. The molecule has 0 radical (unpaired) electrons. The van der Waals surface area contributed by atoms with Crippen LogP contribution >= 0.6 is 23.2 Å². The van der Waals surface area contributed by atoms with Crippen molar-refractivity contribution in [1.82, 2.24) is 4.98 Å². The zero-order valence-corrected chi connectivity index (χ0v) is 11.3. The monoisotopic (exact) mass is 282 g/mol. The van der Waals surface area contributed by atoms with E-state index in [0.717, 1.165) is 22.2 Å². The molecule has 1 heterocycles. The van der Waals surface area contributed by atoms with E-state index in [9.17, 15) is 4.79 Å². The van der Waals surface area contributed by atoms with Gasteiger partial charge in [0.1, 0.15) is 0 Å². The first kappa shape index (κ1) is 13.1. The summed E-state index contributed by atoms with van der Waals surface area (Å²) in [5, 5.41) is 2.03. The van der Waals surface area contributed by atoms with Crippen LogP contribution < -0.4 is 5.73 Å². The van der Waals surface area contributed by atoms with Crippen molar-refractivity contribution in [3.63, 3.8) is 0 Å². The van der Waals surface area contributed by atoms with Crippen molar-refractivity contribution < 1.29 is 4.79 Å². The van der Waals surface area contributed by atoms with Crippen LogP contribution in [0.2, 0.25) is 10.0 Å². The maximum Gasteiger partial charge on any atom is 0.217 e. The number of primary amides is 1. The smallest absolute Gasteiger partial charge is 0.217 e. The molecule has 18 heavy (non-hydrogen) atoms. The normalized spacial score (nSPS) is 10.8. The molecule has 0 unspecified atom stereocenters. The molecule has 1 amide bonds. The molecule has 2 N–H and O–H groups in total. The molecule has 2 rings (SSSR count). The molecular formula is C13H12Cl2N2O. The number of nitrogens with zero attached hydrogens (tertiary/aromatic N) is 1. The molecule has 0 aliphatic carbocycles. The van der Waals surface area contributed by atoms with Gasteiger partial charge < -0.3 is 5.73 Å². The van der Waals surface area contributed by atoms with Gasteiger partial charge in [-0.3, -0.25) is 9.78 Å². The zero-order valence-electron chi connectivity index (χ0n) is 9.84. The molecular weight excluding hydrogens is 271 g/mol. The fraction of sp³-hybridized carbons (Fsp3) is 0.231. The van der Waals surface area contributed by atoms with Crippen molar-refractivity contribution in [2.75, 3.05) is 0 Å². The van der Waals surface area contributed by atoms with Crippen molar-refractivity contribution in [3.8, 4) is 0 Å². The fourth-order valence-corrected chi connectivity index (χ4v) is 2.56. The van der Waals surface area contributed by atoms with Crippen molar-refractivity contribution in [1.29, 1.82) is 0 Å². The third kappa shape index (κ3) is 2.74. The molecule has 3 nitrogen and oxygen atoms in total. The standard InChI is InChI=1S/C13H12Cl2N2O/c1-7-4-9(2-3-12(16)18)17-11-6-8(14)5-10(15)13(7)11/h4-6H,2-3H2,1H3,(H2,16,18). The highest BCUT2D eigenvalue weighted by molar-refractivity contribution is 6.38. The summed E-state index contributed by atoms with van der Waals surface area (Å²) in [5.74, 6) is -0.335. The Labute approximate surface area is 115 Å². The first-order valence-electron chi connectivity index (χ1n) is 5.51. The van der Waals surface area contributed by atoms with Crippen LogP contribution in [0.3, 0.4) is 0 Å². The molecule has 0 atom stereocenters. The van der Waals surface area contributed by atoms with Gasteiger partial charge in [0.05, 0.1) is 10.5 Å². The van der Waals surface area contributed by atoms with Gasteiger partial charge in [-0.05, 0) is 37.1 Å². The number of rotatable bonds is 3. The van der Waals surface area contributed by atoms with E-state index in [1.165, 1.54) is 0 Å². The van der Waals surface area contributed by atoms with Gasteiger partial charge in [-0.2, -0.15) is 0 Å². The third-order valence-corrected chi connectivity index (χ3v) is 3.22. The summed E-state index contributed by atoms with van der Waals surface area (Å²) in [5.41, 5.74) is 7.70. The van der Waals surface area contributed by atoms with E-state index >= 15 is 0 Å². The minimum atomic E-state index is -0.335. The number of carbonyl (C=O) groups is 1. The van der Waals surface area contributed by atoms with Crippen LogP contribution in [0.25, 0.3) is 10.9 Å². The molecule has 1 aromatic heterocycles. The van der Waals surface area contributed by atoms with E-state index in [0.29, 0.717) is 16.5 Å². The van der Waals surface area contributed by atoms with Crippen LogP contribution in [0.15, 0.2) is 18.2 Å². The second-order valence-electron chi connectivity index (χ2n) is 4.18. The van der Waals surface area contributed by atoms with E-state index in [4.69, 9.17) is 28.9 Å². The van der Waals surface area contributed by atoms with E-state index in [1.807, 2.05) is 13.0 Å². The molecule has 94 valence electrons. The number of carbonyl (C=O) groups excluding carboxylic acids is 1. The van der Waals surface area contributed by atoms with Gasteiger partial charge in [0.2, 0.25) is 5.91 Å². The van der Waals surface area contributed by atoms with Gasteiger partial charge in [0.15, 0.2) is 0 Å². The molecule has 0 aliphatic rings. The number of hydrogen-bond donors (Lipinski definition) is 1. The highest BCUT2D eigenvalue weighted by Crippen LogP contribution is 2.29. The Kier molecular flexibility index (Phi) is 3.73. The van der Waals surface area contributed by atoms with Gasteiger partial charge in [-0.1, -0.05) is 23.2 Å². The molecule has 5 heteroatoms. The number of amides is 1. The number of nitrogens with two attached hydrogens (primary N) is 1. The minimum absolute atomic E-state index is 0.284. The first-order valence-corrected chi connectivity index (χ1v) is 6.26. The summed E-state index contributed by atoms with van der Waals surface area (Å²) >= 11 is 12.1. The summed E-state index contributed by atoms with van der Waals surface area (Å²) in [6.07, 6.45) is 0.808. The van der Waals surface area contributed by atoms with E-state index in [1.54, 1.807) is 12.1 Å². The molecule has 0 saturated carbocycles. The average molecular weight is 283 g/mol. The number of aryl methyl sites for hydroxylation is 2. The second-order valence-corrected chi connectivity index (χ2v) is 5.02. The van der Waals surface area contributed by atoms with Crippen LogP contribution in [-0.4, -0.2) is 10.9 Å². The minimum Gasteiger partial charge on any atom is -0.370 e. The fourth-order valence-electron chi connectivity index (χ4n) is 1.93. The number of halogens is 2. The van der Waals surface area contributed by atoms with Gasteiger partial charge in [0, 0.05) is 22.5 Å². The second kappa shape index (κ2) is 5.12. The molecule has 0 fully saturated rings. The Bertz CT molecular complexity index is 626. The molecule has 0 bridgehead atoms. The Morgan fingerprint density at radius 1 is 1.33 bits per heavy atom. The van der Waals surface area contributed by atoms with Crippen LogP contribution in [-0.2, 0) is 11.2 Å². The molecule has 0 saturated heterocycles.